The largest absolute Gasteiger partial charge is 0.394 e. The van der Waals surface area contributed by atoms with Crippen LogP contribution in [0, 0.1) is 0 Å². The predicted octanol–water partition coefficient (Wildman–Crippen LogP) is -21.1. The number of aliphatic hydroxyl groups is 26. The van der Waals surface area contributed by atoms with Crippen LogP contribution in [0.25, 0.3) is 0 Å². The molecule has 1 unspecified atom stereocenters. The van der Waals surface area contributed by atoms with Crippen LogP contribution in [-0.4, -0.2) is 529 Å². The van der Waals surface area contributed by atoms with Gasteiger partial charge in [-0.2, -0.15) is 0 Å². The Kier molecular flexibility index (Phi) is 36.8. The molecular weight excluding hydrogens is 1710 g/mol. The van der Waals surface area contributed by atoms with Crippen molar-refractivity contribution in [1.82, 2.24) is 26.6 Å². The molecule has 0 aromatic rings. The molecule has 31 N–H and O–H groups in total. The highest BCUT2D eigenvalue weighted by Gasteiger charge is 2.62. The van der Waals surface area contributed by atoms with E-state index < -0.39 is 396 Å². The van der Waals surface area contributed by atoms with Crippen LogP contribution in [0.3, 0.4) is 0 Å². The van der Waals surface area contributed by atoms with Crippen molar-refractivity contribution < 1.29 is 247 Å². The number of carbonyl (C=O) groups excluding carboxylic acids is 5. The minimum Gasteiger partial charge on any atom is -0.394 e. The summed E-state index contributed by atoms with van der Waals surface area (Å²) in [6.07, 6.45) is -93.0. The van der Waals surface area contributed by atoms with Crippen LogP contribution in [0.4, 0.5) is 0 Å². The first-order valence-electron chi connectivity index (χ1n) is 40.0. The van der Waals surface area contributed by atoms with Gasteiger partial charge in [-0.1, -0.05) is 0 Å². The molecule has 0 aliphatic carbocycles. The van der Waals surface area contributed by atoms with Crippen LogP contribution in [0.15, 0.2) is 0 Å². The Morgan fingerprint density at radius 3 is 0.904 bits per heavy atom. The van der Waals surface area contributed by atoms with Crippen molar-refractivity contribution in [1.29, 1.82) is 0 Å². The van der Waals surface area contributed by atoms with Gasteiger partial charge >= 0.3 is 0 Å². The summed E-state index contributed by atoms with van der Waals surface area (Å²) in [6, 6.07) is -9.27. The highest BCUT2D eigenvalue weighted by Crippen LogP contribution is 2.41. The molecule has 5 amide bonds. The van der Waals surface area contributed by atoms with E-state index in [0.717, 1.165) is 34.6 Å². The zero-order chi connectivity index (χ0) is 92.1. The molecular formula is C70H117N5O50. The third kappa shape index (κ3) is 23.1. The Morgan fingerprint density at radius 2 is 0.496 bits per heavy atom. The third-order valence-corrected chi connectivity index (χ3v) is 22.8. The zero-order valence-electron chi connectivity index (χ0n) is 67.7. The smallest absolute Gasteiger partial charge is 0.217 e. The summed E-state index contributed by atoms with van der Waals surface area (Å²) in [5.41, 5.74) is 0. The molecule has 10 fully saturated rings. The van der Waals surface area contributed by atoms with E-state index in [1.54, 1.807) is 0 Å². The molecule has 10 heterocycles. The summed E-state index contributed by atoms with van der Waals surface area (Å²) in [6.45, 7) is -3.82. The first-order valence-corrected chi connectivity index (χ1v) is 40.0. The number of aliphatic hydroxyl groups excluding tert-OH is 26. The third-order valence-electron chi connectivity index (χ3n) is 22.8. The molecule has 0 spiro atoms. The number of ether oxygens (including phenoxy) is 19. The summed E-state index contributed by atoms with van der Waals surface area (Å²) >= 11 is 0. The van der Waals surface area contributed by atoms with E-state index in [0.29, 0.717) is 0 Å². The van der Waals surface area contributed by atoms with Crippen molar-refractivity contribution in [2.24, 2.45) is 0 Å². The molecule has 0 aromatic carbocycles. The number of hydrogen-bond acceptors (Lipinski definition) is 50. The van der Waals surface area contributed by atoms with Gasteiger partial charge in [-0.15, -0.1) is 0 Å². The van der Waals surface area contributed by atoms with Crippen LogP contribution in [0.5, 0.6) is 0 Å². The monoisotopic (exact) mass is 1830 g/mol. The number of amides is 5. The van der Waals surface area contributed by atoms with Crippen molar-refractivity contribution >= 4 is 29.5 Å². The van der Waals surface area contributed by atoms with Gasteiger partial charge in [-0.05, 0) is 6.92 Å². The van der Waals surface area contributed by atoms with E-state index in [2.05, 4.69) is 26.6 Å². The summed E-state index contributed by atoms with van der Waals surface area (Å²) in [5, 5.41) is 304. The minimum absolute atomic E-state index is 0.811. The van der Waals surface area contributed by atoms with Gasteiger partial charge in [0.1, 0.15) is 238 Å². The number of rotatable bonds is 32. The van der Waals surface area contributed by atoms with Gasteiger partial charge in [0.25, 0.3) is 0 Å². The molecule has 50 atom stereocenters. The molecule has 10 aliphatic rings. The lowest BCUT2D eigenvalue weighted by molar-refractivity contribution is -0.397. The van der Waals surface area contributed by atoms with Gasteiger partial charge in [0.05, 0.1) is 65.6 Å². The summed E-state index contributed by atoms with van der Waals surface area (Å²) in [5.74, 6) is -4.52. The first-order chi connectivity index (χ1) is 59.1. The van der Waals surface area contributed by atoms with Gasteiger partial charge in [-0.3, -0.25) is 24.0 Å². The Bertz CT molecular complexity index is 3420. The summed E-state index contributed by atoms with van der Waals surface area (Å²) in [4.78, 5) is 63.7. The van der Waals surface area contributed by atoms with E-state index in [1.165, 1.54) is 6.92 Å². The highest BCUT2D eigenvalue weighted by atomic mass is 16.8. The van der Waals surface area contributed by atoms with Crippen molar-refractivity contribution in [3.8, 4) is 0 Å². The van der Waals surface area contributed by atoms with Gasteiger partial charge in [-0.25, -0.2) is 0 Å². The fourth-order valence-electron chi connectivity index (χ4n) is 16.2. The van der Waals surface area contributed by atoms with Gasteiger partial charge in [0.15, 0.2) is 62.9 Å². The minimum atomic E-state index is -2.59. The molecule has 0 aromatic heterocycles. The molecule has 10 aliphatic heterocycles. The van der Waals surface area contributed by atoms with Gasteiger partial charge in [0, 0.05) is 34.6 Å². The first kappa shape index (κ1) is 103. The second-order valence-corrected chi connectivity index (χ2v) is 31.7. The van der Waals surface area contributed by atoms with E-state index in [-0.39, 0.29) is 0 Å². The maximum atomic E-state index is 13.3. The van der Waals surface area contributed by atoms with E-state index >= 15 is 0 Å². The second-order valence-electron chi connectivity index (χ2n) is 31.7. The summed E-state index contributed by atoms with van der Waals surface area (Å²) < 4.78 is 113. The Labute approximate surface area is 708 Å². The Hall–Kier alpha value is -4.45. The number of nitrogens with one attached hydrogen (secondary N) is 5. The normalized spacial score (nSPS) is 48.7. The Morgan fingerprint density at radius 1 is 0.224 bits per heavy atom. The lowest BCUT2D eigenvalue weighted by Gasteiger charge is -2.51. The van der Waals surface area contributed by atoms with Crippen molar-refractivity contribution in [2.75, 3.05) is 59.5 Å². The van der Waals surface area contributed by atoms with Crippen LogP contribution in [0.1, 0.15) is 41.5 Å². The van der Waals surface area contributed by atoms with E-state index in [4.69, 9.17) is 90.0 Å². The quantitative estimate of drug-likeness (QED) is 0.0297. The maximum absolute atomic E-state index is 13.3. The topological polar surface area (TPSA) is 847 Å². The lowest BCUT2D eigenvalue weighted by Crippen LogP contribution is -2.71. The lowest BCUT2D eigenvalue weighted by atomic mass is 9.93. The SMILES string of the molecule is CC(=O)N[C@@H]1[C@H](O[C@@H]2[C@@H](O[C@@H]3[C@H](O)[C@H](O[C@H]4[C@H](O)[C@@H](NC(C)=O)[C@H](O[C@H]5[C@H](O)[C@@H](NC(C)=O)C(O)O[C@@H]5CO[C@@H]5O[C@@H](C)[C@@H](O)[C@@H](O)[C@@H]5O)O[C@@H]4CO)O[C@H](CO[C@H]4O[C@H](CO)[C@@H](O)[C@H](O)[C@@H]4O[C@@H]4O[C@H](CO)[C@@H](O[C@@H]5O[C@H](CO)[C@H](O)[C@H](O[C@@H]6O[C@H](CO)[C@@H](O)[C@H](O)[C@H]6NC(C)=O)[C@H]5O)[C@H](O)[C@H]4NC(C)=O)[C@H]3O)O[C@H](CO)[C@@H](O)[C@@H]2O)O[C@H](CO)[C@@H](O)[C@@H]1O. The Balaban J connectivity index is 0.961. The van der Waals surface area contributed by atoms with Gasteiger partial charge < -0.3 is 249 Å². The second kappa shape index (κ2) is 44.9. The van der Waals surface area contributed by atoms with E-state index in [9.17, 15) is 157 Å². The van der Waals surface area contributed by atoms with Crippen LogP contribution >= 0.6 is 0 Å². The highest BCUT2D eigenvalue weighted by molar-refractivity contribution is 5.75. The fraction of sp³-hybridized carbons (Fsp3) is 0.929. The molecule has 10 rings (SSSR count). The molecule has 125 heavy (non-hydrogen) atoms. The zero-order valence-corrected chi connectivity index (χ0v) is 67.7. The average Bonchev–Trinajstić information content (AvgIpc) is 0.739. The van der Waals surface area contributed by atoms with Crippen LogP contribution in [0.2, 0.25) is 0 Å². The molecule has 0 bridgehead atoms. The van der Waals surface area contributed by atoms with Crippen LogP contribution in [-0.2, 0) is 114 Å². The van der Waals surface area contributed by atoms with Crippen molar-refractivity contribution in [2.45, 2.75) is 348 Å². The number of carbonyl (C=O) groups is 5. The van der Waals surface area contributed by atoms with Crippen molar-refractivity contribution in [3.63, 3.8) is 0 Å². The molecule has 55 nitrogen and oxygen atoms in total. The van der Waals surface area contributed by atoms with Crippen LogP contribution < -0.4 is 26.6 Å². The summed E-state index contributed by atoms with van der Waals surface area (Å²) in [7, 11) is 0. The van der Waals surface area contributed by atoms with Gasteiger partial charge in [0.2, 0.25) is 29.5 Å². The molecule has 0 radical (unpaired) electrons. The molecule has 10 saturated heterocycles. The molecule has 722 valence electrons. The standard InChI is InChI=1S/C70H117N5O50/c1-16-36(88)48(100)51(103)66(109-16)107-15-30-56(45(97)31(61(106)110-30)71-17(2)83)119-64-34(74-20(5)86)46(98)55(27(12-81)116-64)121-68-53(105)58(123-70-60(50(102)40(92)25(10-79)115-70)125-63-33(73-19(4)85)44(96)38(90)23(8-77)112-63)42(94)29(118-68)14-108-69-59(49(101)39(91)24(9-78)114-69)124-65-35(75-21(6)87)47(99)54(28(13-82)117-65)120-67-52(104)57(41(93)26(11-80)113-67)122-62-32(72-18(3)84)43(95)37(89)22(7-76)111-62/h16,22-70,76-82,88-106H,7-15H2,1-6H3,(H,71,83)(H,72,84)(H,73,85)(H,74,86)(H,75,87)/t16-,22+,23+,24+,25+,26+,27+,28+,29+,30+,31+,32+,33-,34+,35+,36+,37+,38+,39+,40+,41-,42+,43+,44+,45+,46+,47+,48+,49-,50-,51-,52+,53-,54+,55+,56+,57-,58-,59-,60-,61?,62-,63-,64-,65-,66+,67-,68-,69-,70+/m0/s1. The molecule has 55 heteroatoms. The molecule has 0 saturated carbocycles. The maximum Gasteiger partial charge on any atom is 0.217 e. The van der Waals surface area contributed by atoms with E-state index in [1.807, 2.05) is 0 Å². The predicted molar refractivity (Wildman–Crippen MR) is 386 cm³/mol. The fourth-order valence-corrected chi connectivity index (χ4v) is 16.2. The number of hydrogen-bond donors (Lipinski definition) is 31. The van der Waals surface area contributed by atoms with Crippen molar-refractivity contribution in [3.05, 3.63) is 0 Å². The average molecular weight is 1830 g/mol.